The molecule has 3 N–H and O–H groups in total. The standard InChI is InChI=1S/C27H22N2O4/c1-2-16-11-13-17(14-12-16)25(31)23-24(19-15-28-20-8-4-3-7-18(19)20)29(27(33)26(23)32)21-9-5-6-10-22(21)30/h3-15,24,28,30-31H,2H2,1H3/b25-23+. The molecule has 3 aromatic carbocycles. The molecule has 6 nitrogen and oxygen atoms in total. The van der Waals surface area contributed by atoms with Gasteiger partial charge in [-0.25, -0.2) is 0 Å². The van der Waals surface area contributed by atoms with Crippen LogP contribution < -0.4 is 4.90 Å². The molecule has 1 aliphatic rings. The van der Waals surface area contributed by atoms with E-state index in [4.69, 9.17) is 0 Å². The van der Waals surface area contributed by atoms with E-state index in [1.165, 1.54) is 11.0 Å². The minimum Gasteiger partial charge on any atom is -0.507 e. The molecule has 0 bridgehead atoms. The number of phenols is 1. The number of aryl methyl sites for hydroxylation is 1. The van der Waals surface area contributed by atoms with Crippen molar-refractivity contribution in [2.75, 3.05) is 4.90 Å². The van der Waals surface area contributed by atoms with Gasteiger partial charge in [0.05, 0.1) is 17.3 Å². The minimum absolute atomic E-state index is 0.0164. The summed E-state index contributed by atoms with van der Waals surface area (Å²) in [6.45, 7) is 2.03. The first kappa shape index (κ1) is 20.6. The Kier molecular flexibility index (Phi) is 4.98. The summed E-state index contributed by atoms with van der Waals surface area (Å²) in [7, 11) is 0. The number of phenolic OH excluding ortho intramolecular Hbond substituents is 1. The molecule has 1 aliphatic heterocycles. The number of carbonyl (C=O) groups excluding carboxylic acids is 2. The molecule has 1 unspecified atom stereocenters. The Morgan fingerprint density at radius 3 is 2.39 bits per heavy atom. The molecule has 5 rings (SSSR count). The third kappa shape index (κ3) is 3.27. The Hall–Kier alpha value is -4.32. The maximum absolute atomic E-state index is 13.3. The second-order valence-corrected chi connectivity index (χ2v) is 8.00. The van der Waals surface area contributed by atoms with E-state index < -0.39 is 17.7 Å². The number of ketones is 1. The lowest BCUT2D eigenvalue weighted by molar-refractivity contribution is -0.132. The lowest BCUT2D eigenvalue weighted by atomic mass is 9.94. The molecule has 1 fully saturated rings. The van der Waals surface area contributed by atoms with E-state index in [2.05, 4.69) is 4.98 Å². The van der Waals surface area contributed by atoms with Crippen molar-refractivity contribution >= 4 is 34.0 Å². The van der Waals surface area contributed by atoms with E-state index >= 15 is 0 Å². The monoisotopic (exact) mass is 438 g/mol. The molecule has 164 valence electrons. The number of anilines is 1. The van der Waals surface area contributed by atoms with Crippen LogP contribution in [0.4, 0.5) is 5.69 Å². The van der Waals surface area contributed by atoms with Crippen LogP contribution in [0.1, 0.15) is 29.7 Å². The average molecular weight is 438 g/mol. The zero-order chi connectivity index (χ0) is 23.1. The molecule has 0 saturated carbocycles. The zero-order valence-corrected chi connectivity index (χ0v) is 17.9. The largest absolute Gasteiger partial charge is 0.507 e. The predicted molar refractivity (Wildman–Crippen MR) is 127 cm³/mol. The summed E-state index contributed by atoms with van der Waals surface area (Å²) in [5.74, 6) is -1.98. The molecule has 6 heteroatoms. The molecule has 4 aromatic rings. The van der Waals surface area contributed by atoms with Gasteiger partial charge in [-0.1, -0.05) is 61.5 Å². The van der Waals surface area contributed by atoms with Crippen LogP contribution in [0.2, 0.25) is 0 Å². The molecule has 1 saturated heterocycles. The van der Waals surface area contributed by atoms with Crippen LogP contribution in [0.3, 0.4) is 0 Å². The number of hydrogen-bond acceptors (Lipinski definition) is 4. The number of nitrogens with zero attached hydrogens (tertiary/aromatic N) is 1. The molecular weight excluding hydrogens is 416 g/mol. The van der Waals surface area contributed by atoms with E-state index in [1.807, 2.05) is 43.3 Å². The summed E-state index contributed by atoms with van der Waals surface area (Å²) in [6.07, 6.45) is 2.58. The van der Waals surface area contributed by atoms with Gasteiger partial charge in [0.2, 0.25) is 0 Å². The van der Waals surface area contributed by atoms with Crippen LogP contribution in [0.25, 0.3) is 16.7 Å². The highest BCUT2D eigenvalue weighted by atomic mass is 16.3. The number of H-pyrrole nitrogens is 1. The van der Waals surface area contributed by atoms with E-state index in [0.29, 0.717) is 11.1 Å². The third-order valence-corrected chi connectivity index (χ3v) is 6.14. The SMILES string of the molecule is CCc1ccc(/C(O)=C2\C(=O)C(=O)N(c3ccccc3O)C2c2c[nH]c3ccccc23)cc1. The highest BCUT2D eigenvalue weighted by molar-refractivity contribution is 6.52. The van der Waals surface area contributed by atoms with E-state index in [-0.39, 0.29) is 22.8 Å². The van der Waals surface area contributed by atoms with Crippen molar-refractivity contribution in [3.8, 4) is 5.75 Å². The van der Waals surface area contributed by atoms with Crippen molar-refractivity contribution < 1.29 is 19.8 Å². The summed E-state index contributed by atoms with van der Waals surface area (Å²) < 4.78 is 0. The van der Waals surface area contributed by atoms with Crippen LogP contribution in [0.15, 0.2) is 84.6 Å². The summed E-state index contributed by atoms with van der Waals surface area (Å²) in [5.41, 5.74) is 3.22. The second kappa shape index (κ2) is 7.98. The molecule has 1 atom stereocenters. The number of fused-ring (bicyclic) bond motifs is 1. The number of hydrogen-bond donors (Lipinski definition) is 3. The number of aliphatic hydroxyl groups excluding tert-OH is 1. The summed E-state index contributed by atoms with van der Waals surface area (Å²) in [5, 5.41) is 22.6. The van der Waals surface area contributed by atoms with Crippen molar-refractivity contribution in [2.24, 2.45) is 0 Å². The fourth-order valence-corrected chi connectivity index (χ4v) is 4.42. The summed E-state index contributed by atoms with van der Waals surface area (Å²) in [6, 6.07) is 20.3. The second-order valence-electron chi connectivity index (χ2n) is 8.00. The Bertz CT molecular complexity index is 1420. The fourth-order valence-electron chi connectivity index (χ4n) is 4.42. The van der Waals surface area contributed by atoms with Crippen LogP contribution >= 0.6 is 0 Å². The van der Waals surface area contributed by atoms with Crippen molar-refractivity contribution in [3.05, 3.63) is 101 Å². The predicted octanol–water partition coefficient (Wildman–Crippen LogP) is 5.06. The number of para-hydroxylation sites is 3. The first-order chi connectivity index (χ1) is 16.0. The van der Waals surface area contributed by atoms with Crippen molar-refractivity contribution in [1.82, 2.24) is 4.98 Å². The number of aliphatic hydroxyl groups is 1. The Balaban J connectivity index is 1.77. The van der Waals surface area contributed by atoms with Gasteiger partial charge in [0.15, 0.2) is 0 Å². The number of aromatic hydroxyl groups is 1. The van der Waals surface area contributed by atoms with Gasteiger partial charge < -0.3 is 15.2 Å². The van der Waals surface area contributed by atoms with Gasteiger partial charge in [-0.15, -0.1) is 0 Å². The lowest BCUT2D eigenvalue weighted by Gasteiger charge is -2.25. The molecule has 1 aromatic heterocycles. The van der Waals surface area contributed by atoms with Gasteiger partial charge in [-0.2, -0.15) is 0 Å². The number of aromatic nitrogens is 1. The topological polar surface area (TPSA) is 93.6 Å². The van der Waals surface area contributed by atoms with Gasteiger partial charge >= 0.3 is 0 Å². The average Bonchev–Trinajstić information content (AvgIpc) is 3.38. The van der Waals surface area contributed by atoms with Crippen LogP contribution in [0.5, 0.6) is 5.75 Å². The van der Waals surface area contributed by atoms with Crippen LogP contribution in [0, 0.1) is 0 Å². The molecule has 33 heavy (non-hydrogen) atoms. The smallest absolute Gasteiger partial charge is 0.300 e. The normalized spacial score (nSPS) is 17.7. The molecule has 2 heterocycles. The van der Waals surface area contributed by atoms with Gasteiger partial charge in [0, 0.05) is 28.2 Å². The first-order valence-electron chi connectivity index (χ1n) is 10.8. The molecule has 0 spiro atoms. The number of benzene rings is 3. The first-order valence-corrected chi connectivity index (χ1v) is 10.8. The maximum Gasteiger partial charge on any atom is 0.300 e. The Morgan fingerprint density at radius 2 is 1.67 bits per heavy atom. The van der Waals surface area contributed by atoms with Crippen molar-refractivity contribution in [1.29, 1.82) is 0 Å². The third-order valence-electron chi connectivity index (χ3n) is 6.14. The van der Waals surface area contributed by atoms with Crippen LogP contribution in [-0.2, 0) is 16.0 Å². The highest BCUT2D eigenvalue weighted by Gasteiger charge is 2.48. The Labute approximate surface area is 190 Å². The molecule has 1 amide bonds. The maximum atomic E-state index is 13.3. The van der Waals surface area contributed by atoms with E-state index in [0.717, 1.165) is 22.9 Å². The number of carbonyl (C=O) groups is 2. The van der Waals surface area contributed by atoms with Gasteiger partial charge in [-0.3, -0.25) is 14.5 Å². The van der Waals surface area contributed by atoms with Gasteiger partial charge in [0.1, 0.15) is 11.5 Å². The number of amides is 1. The number of Topliss-reactive ketones (excluding diaryl/α,β-unsaturated/α-hetero) is 1. The number of nitrogens with one attached hydrogen (secondary N) is 1. The fraction of sp³-hybridized carbons (Fsp3) is 0.111. The summed E-state index contributed by atoms with van der Waals surface area (Å²) >= 11 is 0. The van der Waals surface area contributed by atoms with Gasteiger partial charge in [0.25, 0.3) is 11.7 Å². The number of rotatable bonds is 4. The lowest BCUT2D eigenvalue weighted by Crippen LogP contribution is -2.29. The van der Waals surface area contributed by atoms with Gasteiger partial charge in [-0.05, 0) is 30.2 Å². The van der Waals surface area contributed by atoms with Crippen LogP contribution in [-0.4, -0.2) is 26.9 Å². The van der Waals surface area contributed by atoms with E-state index in [1.54, 1.807) is 36.5 Å². The minimum atomic E-state index is -0.916. The zero-order valence-electron chi connectivity index (χ0n) is 17.9. The molecule has 0 aliphatic carbocycles. The quantitative estimate of drug-likeness (QED) is 0.236. The molecule has 0 radical (unpaired) electrons. The summed E-state index contributed by atoms with van der Waals surface area (Å²) in [4.78, 5) is 31.0. The number of aromatic amines is 1. The Morgan fingerprint density at radius 1 is 0.970 bits per heavy atom. The van der Waals surface area contributed by atoms with Crippen molar-refractivity contribution in [2.45, 2.75) is 19.4 Å². The highest BCUT2D eigenvalue weighted by Crippen LogP contribution is 2.46. The van der Waals surface area contributed by atoms with Crippen molar-refractivity contribution in [3.63, 3.8) is 0 Å². The molecular formula is C27H22N2O4. The van der Waals surface area contributed by atoms with E-state index in [9.17, 15) is 19.8 Å².